The minimum atomic E-state index is -3.43. The van der Waals surface area contributed by atoms with Crippen molar-refractivity contribution in [3.8, 4) is 0 Å². The Hall–Kier alpha value is -1.72. The van der Waals surface area contributed by atoms with Gasteiger partial charge in [0.1, 0.15) is 0 Å². The second kappa shape index (κ2) is 6.63. The molecule has 0 aliphatic rings. The molecule has 4 nitrogen and oxygen atoms in total. The molecule has 2 aromatic rings. The van der Waals surface area contributed by atoms with Crippen molar-refractivity contribution in [2.45, 2.75) is 24.7 Å². The van der Waals surface area contributed by atoms with Crippen LogP contribution in [0.3, 0.4) is 0 Å². The number of sulfonamides is 1. The van der Waals surface area contributed by atoms with E-state index in [0.717, 1.165) is 17.7 Å². The fourth-order valence-electron chi connectivity index (χ4n) is 1.85. The van der Waals surface area contributed by atoms with Gasteiger partial charge < -0.3 is 0 Å². The van der Waals surface area contributed by atoms with E-state index in [-0.39, 0.29) is 0 Å². The summed E-state index contributed by atoms with van der Waals surface area (Å²) in [5.41, 5.74) is 1.99. The number of aromatic nitrogens is 1. The molecule has 0 aliphatic heterocycles. The molecule has 0 atom stereocenters. The fraction of sp³-hybridized carbons (Fsp3) is 0.267. The molecule has 106 valence electrons. The lowest BCUT2D eigenvalue weighted by Crippen LogP contribution is -2.26. The van der Waals surface area contributed by atoms with E-state index in [9.17, 15) is 8.42 Å². The van der Waals surface area contributed by atoms with Gasteiger partial charge in [0.05, 0.1) is 4.90 Å². The Bertz CT molecular complexity index is 637. The lowest BCUT2D eigenvalue weighted by atomic mass is 10.2. The van der Waals surface area contributed by atoms with Gasteiger partial charge in [-0.05, 0) is 36.2 Å². The van der Waals surface area contributed by atoms with Crippen molar-refractivity contribution in [2.75, 3.05) is 6.54 Å². The monoisotopic (exact) mass is 290 g/mol. The molecule has 0 bridgehead atoms. The molecule has 20 heavy (non-hydrogen) atoms. The predicted octanol–water partition coefficient (Wildman–Crippen LogP) is 2.17. The zero-order valence-electron chi connectivity index (χ0n) is 11.4. The maximum Gasteiger partial charge on any atom is 0.240 e. The molecule has 5 heteroatoms. The maximum absolute atomic E-state index is 12.1. The largest absolute Gasteiger partial charge is 0.261 e. The van der Waals surface area contributed by atoms with E-state index in [4.69, 9.17) is 0 Å². The minimum absolute atomic E-state index is 0.302. The van der Waals surface area contributed by atoms with E-state index in [1.807, 2.05) is 37.3 Å². The van der Waals surface area contributed by atoms with E-state index in [1.165, 1.54) is 0 Å². The van der Waals surface area contributed by atoms with Crippen molar-refractivity contribution in [3.63, 3.8) is 0 Å². The van der Waals surface area contributed by atoms with Crippen molar-refractivity contribution in [2.24, 2.45) is 0 Å². The number of benzene rings is 1. The van der Waals surface area contributed by atoms with E-state index in [0.29, 0.717) is 17.9 Å². The fourth-order valence-corrected chi connectivity index (χ4v) is 2.88. The summed E-state index contributed by atoms with van der Waals surface area (Å²) in [6.45, 7) is 2.38. The Balaban J connectivity index is 1.96. The van der Waals surface area contributed by atoms with Crippen molar-refractivity contribution in [3.05, 3.63) is 59.9 Å². The maximum atomic E-state index is 12.1. The molecule has 1 heterocycles. The van der Waals surface area contributed by atoms with Crippen LogP contribution in [0.2, 0.25) is 0 Å². The Labute approximate surface area is 119 Å². The molecule has 1 N–H and O–H groups in total. The lowest BCUT2D eigenvalue weighted by molar-refractivity contribution is 0.581. The van der Waals surface area contributed by atoms with Crippen LogP contribution in [0.25, 0.3) is 0 Å². The average molecular weight is 290 g/mol. The van der Waals surface area contributed by atoms with E-state index in [1.54, 1.807) is 18.3 Å². The van der Waals surface area contributed by atoms with Crippen molar-refractivity contribution < 1.29 is 8.42 Å². The van der Waals surface area contributed by atoms with Crippen molar-refractivity contribution >= 4 is 10.0 Å². The number of nitrogens with zero attached hydrogens (tertiary/aromatic N) is 1. The molecule has 0 saturated heterocycles. The molecule has 1 aromatic heterocycles. The highest BCUT2D eigenvalue weighted by molar-refractivity contribution is 7.89. The Morgan fingerprint density at radius 1 is 1.10 bits per heavy atom. The van der Waals surface area contributed by atoms with Gasteiger partial charge in [-0.15, -0.1) is 0 Å². The van der Waals surface area contributed by atoms with E-state index >= 15 is 0 Å². The predicted molar refractivity (Wildman–Crippen MR) is 78.9 cm³/mol. The van der Waals surface area contributed by atoms with Gasteiger partial charge in [0, 0.05) is 24.9 Å². The van der Waals surface area contributed by atoms with Gasteiger partial charge in [0.15, 0.2) is 0 Å². The highest BCUT2D eigenvalue weighted by atomic mass is 32.2. The van der Waals surface area contributed by atoms with Crippen LogP contribution in [0, 0.1) is 0 Å². The first-order valence-corrected chi connectivity index (χ1v) is 8.08. The highest BCUT2D eigenvalue weighted by Crippen LogP contribution is 2.10. The highest BCUT2D eigenvalue weighted by Gasteiger charge is 2.12. The first-order valence-electron chi connectivity index (χ1n) is 6.60. The summed E-state index contributed by atoms with van der Waals surface area (Å²) >= 11 is 0. The topological polar surface area (TPSA) is 59.1 Å². The zero-order chi connectivity index (χ0) is 14.4. The number of pyridine rings is 1. The molecule has 0 fully saturated rings. The molecule has 1 aromatic carbocycles. The molecule has 0 radical (unpaired) electrons. The van der Waals surface area contributed by atoms with Crippen LogP contribution >= 0.6 is 0 Å². The van der Waals surface area contributed by atoms with Crippen LogP contribution in [0.4, 0.5) is 0 Å². The minimum Gasteiger partial charge on any atom is -0.261 e. The van der Waals surface area contributed by atoms with Crippen LogP contribution in [0.5, 0.6) is 0 Å². The molecule has 0 amide bonds. The summed E-state index contributed by atoms with van der Waals surface area (Å²) < 4.78 is 26.8. The quantitative estimate of drug-likeness (QED) is 0.887. The molecule has 0 unspecified atom stereocenters. The van der Waals surface area contributed by atoms with Gasteiger partial charge in [-0.1, -0.05) is 25.1 Å². The summed E-state index contributed by atoms with van der Waals surface area (Å²) in [7, 11) is -3.43. The number of hydrogen-bond donors (Lipinski definition) is 1. The lowest BCUT2D eigenvalue weighted by Gasteiger charge is -2.07. The van der Waals surface area contributed by atoms with Crippen molar-refractivity contribution in [1.29, 1.82) is 0 Å². The first kappa shape index (κ1) is 14.7. The van der Waals surface area contributed by atoms with Crippen LogP contribution in [-0.2, 0) is 22.9 Å². The van der Waals surface area contributed by atoms with E-state index in [2.05, 4.69) is 9.71 Å². The van der Waals surface area contributed by atoms with Gasteiger partial charge >= 0.3 is 0 Å². The van der Waals surface area contributed by atoms with Gasteiger partial charge in [0.2, 0.25) is 10.0 Å². The normalized spacial score (nSPS) is 11.4. The third-order valence-electron chi connectivity index (χ3n) is 3.04. The third kappa shape index (κ3) is 3.88. The third-order valence-corrected chi connectivity index (χ3v) is 4.52. The summed E-state index contributed by atoms with van der Waals surface area (Å²) in [6.07, 6.45) is 3.17. The molecule has 0 aliphatic carbocycles. The van der Waals surface area contributed by atoms with Crippen LogP contribution in [-0.4, -0.2) is 19.9 Å². The number of nitrogens with one attached hydrogen (secondary N) is 1. The molecule has 0 saturated carbocycles. The van der Waals surface area contributed by atoms with Crippen LogP contribution in [0.15, 0.2) is 53.6 Å². The smallest absolute Gasteiger partial charge is 0.240 e. The number of hydrogen-bond acceptors (Lipinski definition) is 3. The standard InChI is InChI=1S/C15H18N2O2S/c1-2-13-6-8-15(9-7-13)20(18,19)17-12-10-14-5-3-4-11-16-14/h3-9,11,17H,2,10,12H2,1H3. The van der Waals surface area contributed by atoms with Gasteiger partial charge in [0.25, 0.3) is 0 Å². The summed E-state index contributed by atoms with van der Waals surface area (Å²) in [5.74, 6) is 0. The van der Waals surface area contributed by atoms with Crippen molar-refractivity contribution in [1.82, 2.24) is 9.71 Å². The average Bonchev–Trinajstić information content (AvgIpc) is 2.48. The van der Waals surface area contributed by atoms with Gasteiger partial charge in [-0.3, -0.25) is 4.98 Å². The van der Waals surface area contributed by atoms with E-state index < -0.39 is 10.0 Å². The molecular formula is C15H18N2O2S. The second-order valence-electron chi connectivity index (χ2n) is 4.47. The molecule has 2 rings (SSSR count). The Morgan fingerprint density at radius 3 is 2.45 bits per heavy atom. The van der Waals surface area contributed by atoms with Crippen LogP contribution in [0.1, 0.15) is 18.2 Å². The summed E-state index contributed by atoms with van der Waals surface area (Å²) in [6, 6.07) is 12.6. The summed E-state index contributed by atoms with van der Waals surface area (Å²) in [4.78, 5) is 4.46. The molecular weight excluding hydrogens is 272 g/mol. The van der Waals surface area contributed by atoms with Gasteiger partial charge in [-0.2, -0.15) is 0 Å². The Kier molecular flexibility index (Phi) is 4.87. The van der Waals surface area contributed by atoms with Gasteiger partial charge in [-0.25, -0.2) is 13.1 Å². The number of aryl methyl sites for hydroxylation is 1. The first-order chi connectivity index (χ1) is 9.62. The summed E-state index contributed by atoms with van der Waals surface area (Å²) in [5, 5.41) is 0. The Morgan fingerprint density at radius 2 is 1.85 bits per heavy atom. The SMILES string of the molecule is CCc1ccc(S(=O)(=O)NCCc2ccccn2)cc1. The molecule has 0 spiro atoms. The van der Waals surface area contributed by atoms with Crippen LogP contribution < -0.4 is 4.72 Å². The second-order valence-corrected chi connectivity index (χ2v) is 6.23. The zero-order valence-corrected chi connectivity index (χ0v) is 12.2. The number of rotatable bonds is 6.